The number of aromatic nitrogens is 1. The largest absolute Gasteiger partial charge is 0.317 e. The zero-order chi connectivity index (χ0) is 15.0. The second-order valence-electron chi connectivity index (χ2n) is 4.65. The molecule has 0 spiro atoms. The van der Waals surface area contributed by atoms with Gasteiger partial charge in [0.05, 0.1) is 0 Å². The predicted molar refractivity (Wildman–Crippen MR) is 80.5 cm³/mol. The molecule has 0 bridgehead atoms. The highest BCUT2D eigenvalue weighted by molar-refractivity contribution is 7.87. The summed E-state index contributed by atoms with van der Waals surface area (Å²) in [6.45, 7) is 6.05. The van der Waals surface area contributed by atoms with Crippen LogP contribution in [0.1, 0.15) is 31.9 Å². The Morgan fingerprint density at radius 1 is 1.35 bits per heavy atom. The molecule has 0 saturated heterocycles. The summed E-state index contributed by atoms with van der Waals surface area (Å²) < 4.78 is 28.3. The number of pyridine rings is 1. The first kappa shape index (κ1) is 17.0. The average Bonchev–Trinajstić information content (AvgIpc) is 2.43. The second kappa shape index (κ2) is 8.31. The van der Waals surface area contributed by atoms with Crippen LogP contribution < -0.4 is 10.0 Å². The minimum atomic E-state index is -3.46. The van der Waals surface area contributed by atoms with Crippen molar-refractivity contribution in [3.8, 4) is 0 Å². The standard InChI is InChI=1S/C13H24N4O2S/c1-4-14-8-5-11-17(3)20(18,19)16-12(2)13-6-9-15-10-7-13/h6-7,9-10,12,14,16H,4-5,8,11H2,1-3H3. The maximum absolute atomic E-state index is 12.2. The molecular formula is C13H24N4O2S. The third kappa shape index (κ3) is 5.54. The molecule has 0 aliphatic rings. The molecule has 0 aromatic carbocycles. The first-order valence-electron chi connectivity index (χ1n) is 6.81. The number of nitrogens with zero attached hydrogens (tertiary/aromatic N) is 2. The average molecular weight is 300 g/mol. The second-order valence-corrected chi connectivity index (χ2v) is 6.46. The Bertz CT molecular complexity index is 478. The lowest BCUT2D eigenvalue weighted by molar-refractivity contribution is 0.439. The Labute approximate surface area is 121 Å². The van der Waals surface area contributed by atoms with Crippen LogP contribution in [0.2, 0.25) is 0 Å². The van der Waals surface area contributed by atoms with E-state index in [1.165, 1.54) is 4.31 Å². The highest BCUT2D eigenvalue weighted by Crippen LogP contribution is 2.12. The summed E-state index contributed by atoms with van der Waals surface area (Å²) in [6, 6.07) is 3.33. The Hall–Kier alpha value is -1.02. The lowest BCUT2D eigenvalue weighted by Gasteiger charge is -2.21. The highest BCUT2D eigenvalue weighted by Gasteiger charge is 2.20. The maximum Gasteiger partial charge on any atom is 0.279 e. The molecule has 1 rings (SSSR count). The summed E-state index contributed by atoms with van der Waals surface area (Å²) >= 11 is 0. The van der Waals surface area contributed by atoms with Crippen molar-refractivity contribution in [3.05, 3.63) is 30.1 Å². The van der Waals surface area contributed by atoms with Crippen LogP contribution in [0.5, 0.6) is 0 Å². The van der Waals surface area contributed by atoms with Crippen LogP contribution in [-0.2, 0) is 10.2 Å². The van der Waals surface area contributed by atoms with E-state index in [0.29, 0.717) is 6.54 Å². The molecule has 1 atom stereocenters. The van der Waals surface area contributed by atoms with Crippen molar-refractivity contribution in [2.24, 2.45) is 0 Å². The zero-order valence-electron chi connectivity index (χ0n) is 12.3. The molecule has 0 radical (unpaired) electrons. The van der Waals surface area contributed by atoms with Crippen LogP contribution >= 0.6 is 0 Å². The van der Waals surface area contributed by atoms with Crippen LogP contribution in [0.15, 0.2) is 24.5 Å². The van der Waals surface area contributed by atoms with Gasteiger partial charge in [0, 0.05) is 32.0 Å². The molecule has 0 aliphatic carbocycles. The van der Waals surface area contributed by atoms with E-state index in [1.54, 1.807) is 31.6 Å². The van der Waals surface area contributed by atoms with Gasteiger partial charge in [-0.25, -0.2) is 0 Å². The summed E-state index contributed by atoms with van der Waals surface area (Å²) in [4.78, 5) is 3.92. The van der Waals surface area contributed by atoms with Crippen LogP contribution in [-0.4, -0.2) is 44.4 Å². The van der Waals surface area contributed by atoms with Crippen LogP contribution in [0.3, 0.4) is 0 Å². The van der Waals surface area contributed by atoms with Gasteiger partial charge >= 0.3 is 0 Å². The van der Waals surface area contributed by atoms with Crippen LogP contribution in [0.4, 0.5) is 0 Å². The van der Waals surface area contributed by atoms with Gasteiger partial charge in [-0.15, -0.1) is 0 Å². The predicted octanol–water partition coefficient (Wildman–Crippen LogP) is 0.908. The van der Waals surface area contributed by atoms with Crippen molar-refractivity contribution in [1.82, 2.24) is 19.3 Å². The van der Waals surface area contributed by atoms with E-state index in [4.69, 9.17) is 0 Å². The fraction of sp³-hybridized carbons (Fsp3) is 0.615. The molecule has 6 nitrogen and oxygen atoms in total. The van der Waals surface area contributed by atoms with E-state index in [0.717, 1.165) is 25.1 Å². The molecule has 0 saturated carbocycles. The monoisotopic (exact) mass is 300 g/mol. The molecule has 20 heavy (non-hydrogen) atoms. The van der Waals surface area contributed by atoms with Crippen molar-refractivity contribution in [2.45, 2.75) is 26.3 Å². The summed E-state index contributed by atoms with van der Waals surface area (Å²) in [5.74, 6) is 0. The molecule has 0 fully saturated rings. The molecule has 1 heterocycles. The lowest BCUT2D eigenvalue weighted by Crippen LogP contribution is -2.40. The first-order chi connectivity index (χ1) is 9.47. The fourth-order valence-corrected chi connectivity index (χ4v) is 2.89. The normalized spacial score (nSPS) is 13.6. The van der Waals surface area contributed by atoms with Crippen molar-refractivity contribution in [2.75, 3.05) is 26.7 Å². The smallest absolute Gasteiger partial charge is 0.279 e. The number of hydrogen-bond acceptors (Lipinski definition) is 4. The Balaban J connectivity index is 2.51. The van der Waals surface area contributed by atoms with Gasteiger partial charge < -0.3 is 5.32 Å². The molecule has 1 aromatic rings. The van der Waals surface area contributed by atoms with Gasteiger partial charge in [-0.05, 0) is 44.1 Å². The molecule has 1 aromatic heterocycles. The summed E-state index contributed by atoms with van der Waals surface area (Å²) in [7, 11) is -1.87. The van der Waals surface area contributed by atoms with E-state index in [2.05, 4.69) is 15.0 Å². The number of rotatable bonds is 9. The number of hydrogen-bond donors (Lipinski definition) is 2. The van der Waals surface area contributed by atoms with Crippen molar-refractivity contribution >= 4 is 10.2 Å². The van der Waals surface area contributed by atoms with Crippen LogP contribution in [0.25, 0.3) is 0 Å². The molecular weight excluding hydrogens is 276 g/mol. The maximum atomic E-state index is 12.2. The SMILES string of the molecule is CCNCCCN(C)S(=O)(=O)NC(C)c1ccncc1. The van der Waals surface area contributed by atoms with Crippen molar-refractivity contribution < 1.29 is 8.42 Å². The van der Waals surface area contributed by atoms with Crippen molar-refractivity contribution in [3.63, 3.8) is 0 Å². The van der Waals surface area contributed by atoms with Gasteiger partial charge in [0.15, 0.2) is 0 Å². The highest BCUT2D eigenvalue weighted by atomic mass is 32.2. The lowest BCUT2D eigenvalue weighted by atomic mass is 10.1. The fourth-order valence-electron chi connectivity index (χ4n) is 1.76. The topological polar surface area (TPSA) is 74.3 Å². The van der Waals surface area contributed by atoms with Gasteiger partial charge in [0.1, 0.15) is 0 Å². The van der Waals surface area contributed by atoms with Gasteiger partial charge in [-0.3, -0.25) is 4.98 Å². The van der Waals surface area contributed by atoms with E-state index < -0.39 is 10.2 Å². The van der Waals surface area contributed by atoms with E-state index in [-0.39, 0.29) is 6.04 Å². The Kier molecular flexibility index (Phi) is 7.08. The molecule has 1 unspecified atom stereocenters. The summed E-state index contributed by atoms with van der Waals surface area (Å²) in [6.07, 6.45) is 4.09. The van der Waals surface area contributed by atoms with Crippen LogP contribution in [0, 0.1) is 0 Å². The summed E-state index contributed by atoms with van der Waals surface area (Å²) in [5.41, 5.74) is 0.893. The van der Waals surface area contributed by atoms with E-state index in [9.17, 15) is 8.42 Å². The minimum Gasteiger partial charge on any atom is -0.317 e. The number of nitrogens with one attached hydrogen (secondary N) is 2. The Morgan fingerprint density at radius 2 is 2.00 bits per heavy atom. The van der Waals surface area contributed by atoms with Gasteiger partial charge in [-0.1, -0.05) is 6.92 Å². The molecule has 7 heteroatoms. The molecule has 0 aliphatic heterocycles. The van der Waals surface area contributed by atoms with Gasteiger partial charge in [0.25, 0.3) is 10.2 Å². The molecule has 2 N–H and O–H groups in total. The van der Waals surface area contributed by atoms with Crippen molar-refractivity contribution in [1.29, 1.82) is 0 Å². The first-order valence-corrected chi connectivity index (χ1v) is 8.25. The van der Waals surface area contributed by atoms with Gasteiger partial charge in [0.2, 0.25) is 0 Å². The van der Waals surface area contributed by atoms with E-state index >= 15 is 0 Å². The van der Waals surface area contributed by atoms with E-state index in [1.807, 2.05) is 13.8 Å². The Morgan fingerprint density at radius 3 is 2.60 bits per heavy atom. The van der Waals surface area contributed by atoms with Gasteiger partial charge in [-0.2, -0.15) is 17.4 Å². The zero-order valence-corrected chi connectivity index (χ0v) is 13.2. The summed E-state index contributed by atoms with van der Waals surface area (Å²) in [5, 5.41) is 3.17. The molecule has 114 valence electrons. The minimum absolute atomic E-state index is 0.279. The molecule has 0 amide bonds. The third-order valence-corrected chi connectivity index (χ3v) is 4.67. The quantitative estimate of drug-likeness (QED) is 0.665. The third-order valence-electron chi connectivity index (χ3n) is 3.02.